The second-order valence-electron chi connectivity index (χ2n) is 4.74. The molecule has 0 aliphatic rings. The van der Waals surface area contributed by atoms with E-state index in [1.807, 2.05) is 23.7 Å². The van der Waals surface area contributed by atoms with Crippen molar-refractivity contribution in [3.05, 3.63) is 53.1 Å². The molecule has 1 heterocycles. The molecule has 0 saturated heterocycles. The van der Waals surface area contributed by atoms with E-state index in [2.05, 4.69) is 30.3 Å². The van der Waals surface area contributed by atoms with Crippen LogP contribution in [-0.4, -0.2) is 16.3 Å². The summed E-state index contributed by atoms with van der Waals surface area (Å²) in [5, 5.41) is 7.93. The highest BCUT2D eigenvalue weighted by Crippen LogP contribution is 2.25. The molecule has 1 unspecified atom stereocenters. The van der Waals surface area contributed by atoms with Gasteiger partial charge >= 0.3 is 0 Å². The molecule has 1 N–H and O–H groups in total. The molecule has 1 atom stereocenters. The van der Waals surface area contributed by atoms with Crippen LogP contribution in [0.1, 0.15) is 43.8 Å². The van der Waals surface area contributed by atoms with E-state index >= 15 is 0 Å². The molecule has 0 fully saturated rings. The lowest BCUT2D eigenvalue weighted by Gasteiger charge is -2.20. The molecule has 108 valence electrons. The molecule has 0 aliphatic carbocycles. The van der Waals surface area contributed by atoms with Gasteiger partial charge in [0.15, 0.2) is 0 Å². The average molecular weight is 275 g/mol. The van der Waals surface area contributed by atoms with E-state index in [1.165, 1.54) is 6.07 Å². The van der Waals surface area contributed by atoms with Gasteiger partial charge in [-0.2, -0.15) is 5.10 Å². The Morgan fingerprint density at radius 1 is 1.25 bits per heavy atom. The molecule has 2 rings (SSSR count). The van der Waals surface area contributed by atoms with Crippen molar-refractivity contribution < 1.29 is 4.39 Å². The quantitative estimate of drug-likeness (QED) is 0.876. The van der Waals surface area contributed by atoms with Crippen LogP contribution in [0.15, 0.2) is 30.3 Å². The van der Waals surface area contributed by atoms with Gasteiger partial charge in [0.05, 0.1) is 17.4 Å². The smallest absolute Gasteiger partial charge is 0.128 e. The second-order valence-corrected chi connectivity index (χ2v) is 4.74. The summed E-state index contributed by atoms with van der Waals surface area (Å²) in [6, 6.07) is 8.85. The Morgan fingerprint density at radius 2 is 2.00 bits per heavy atom. The first-order chi connectivity index (χ1) is 9.71. The monoisotopic (exact) mass is 275 g/mol. The van der Waals surface area contributed by atoms with Crippen molar-refractivity contribution in [3.63, 3.8) is 0 Å². The summed E-state index contributed by atoms with van der Waals surface area (Å²) < 4.78 is 16.1. The van der Waals surface area contributed by atoms with Crippen molar-refractivity contribution >= 4 is 0 Å². The summed E-state index contributed by atoms with van der Waals surface area (Å²) >= 11 is 0. The fraction of sp³-hybridized carbons (Fsp3) is 0.438. The van der Waals surface area contributed by atoms with E-state index in [-0.39, 0.29) is 11.9 Å². The van der Waals surface area contributed by atoms with Crippen molar-refractivity contribution in [3.8, 4) is 0 Å². The first-order valence-electron chi connectivity index (χ1n) is 7.25. The number of nitrogens with one attached hydrogen (secondary N) is 1. The number of rotatable bonds is 6. The van der Waals surface area contributed by atoms with Crippen LogP contribution in [0.2, 0.25) is 0 Å². The molecule has 0 bridgehead atoms. The molecule has 20 heavy (non-hydrogen) atoms. The summed E-state index contributed by atoms with van der Waals surface area (Å²) in [6.45, 7) is 7.72. The number of hydrogen-bond acceptors (Lipinski definition) is 2. The van der Waals surface area contributed by atoms with E-state index in [1.54, 1.807) is 6.07 Å². The fourth-order valence-corrected chi connectivity index (χ4v) is 2.43. The molecule has 0 amide bonds. The molecule has 3 nitrogen and oxygen atoms in total. The van der Waals surface area contributed by atoms with Crippen LogP contribution in [0.25, 0.3) is 0 Å². The average Bonchev–Trinajstić information content (AvgIpc) is 2.89. The first kappa shape index (κ1) is 14.7. The Morgan fingerprint density at radius 3 is 2.60 bits per heavy atom. The number of nitrogens with zero attached hydrogens (tertiary/aromatic N) is 2. The summed E-state index contributed by atoms with van der Waals surface area (Å²) in [5.41, 5.74) is 2.74. The summed E-state index contributed by atoms with van der Waals surface area (Å²) in [6.07, 6.45) is 0.885. The number of aryl methyl sites for hydroxylation is 2. The number of benzene rings is 1. The van der Waals surface area contributed by atoms with Gasteiger partial charge < -0.3 is 5.32 Å². The molecule has 0 radical (unpaired) electrons. The van der Waals surface area contributed by atoms with Gasteiger partial charge in [0.1, 0.15) is 5.82 Å². The van der Waals surface area contributed by atoms with Gasteiger partial charge in [-0.05, 0) is 32.0 Å². The lowest BCUT2D eigenvalue weighted by molar-refractivity contribution is 0.514. The van der Waals surface area contributed by atoms with Crippen molar-refractivity contribution in [2.24, 2.45) is 0 Å². The Kier molecular flexibility index (Phi) is 4.90. The zero-order chi connectivity index (χ0) is 14.5. The molecule has 2 aromatic rings. The van der Waals surface area contributed by atoms with Crippen LogP contribution < -0.4 is 5.32 Å². The largest absolute Gasteiger partial charge is 0.305 e. The third-order valence-electron chi connectivity index (χ3n) is 3.44. The zero-order valence-corrected chi connectivity index (χ0v) is 12.4. The number of hydrogen-bond donors (Lipinski definition) is 1. The Balaban J connectivity index is 2.48. The molecule has 1 aromatic carbocycles. The Hall–Kier alpha value is -1.68. The molecule has 0 saturated carbocycles. The fourth-order valence-electron chi connectivity index (χ4n) is 2.43. The third-order valence-corrected chi connectivity index (χ3v) is 3.44. The molecule has 0 spiro atoms. The van der Waals surface area contributed by atoms with Gasteiger partial charge in [-0.25, -0.2) is 4.39 Å². The van der Waals surface area contributed by atoms with Gasteiger partial charge in [-0.1, -0.05) is 32.0 Å². The summed E-state index contributed by atoms with van der Waals surface area (Å²) in [5.74, 6) is -0.180. The maximum absolute atomic E-state index is 14.1. The van der Waals surface area contributed by atoms with Crippen LogP contribution in [-0.2, 0) is 13.0 Å². The molecular weight excluding hydrogens is 253 g/mol. The summed E-state index contributed by atoms with van der Waals surface area (Å²) in [4.78, 5) is 0. The predicted octanol–water partition coefficient (Wildman–Crippen LogP) is 3.30. The van der Waals surface area contributed by atoms with Crippen molar-refractivity contribution in [1.82, 2.24) is 15.1 Å². The maximum Gasteiger partial charge on any atom is 0.128 e. The zero-order valence-electron chi connectivity index (χ0n) is 12.4. The van der Waals surface area contributed by atoms with Gasteiger partial charge in [0.25, 0.3) is 0 Å². The molecular formula is C16H22FN3. The minimum Gasteiger partial charge on any atom is -0.305 e. The van der Waals surface area contributed by atoms with Crippen LogP contribution in [0, 0.1) is 5.82 Å². The van der Waals surface area contributed by atoms with Gasteiger partial charge in [-0.3, -0.25) is 4.68 Å². The van der Waals surface area contributed by atoms with Gasteiger partial charge in [0.2, 0.25) is 0 Å². The minimum absolute atomic E-state index is 0.158. The van der Waals surface area contributed by atoms with Gasteiger partial charge in [0, 0.05) is 12.1 Å². The second kappa shape index (κ2) is 6.66. The van der Waals surface area contributed by atoms with Crippen molar-refractivity contribution in [1.29, 1.82) is 0 Å². The topological polar surface area (TPSA) is 29.9 Å². The molecule has 4 heteroatoms. The van der Waals surface area contributed by atoms with Crippen molar-refractivity contribution in [2.75, 3.05) is 6.54 Å². The Labute approximate surface area is 119 Å². The summed E-state index contributed by atoms with van der Waals surface area (Å²) in [7, 11) is 0. The van der Waals surface area contributed by atoms with E-state index < -0.39 is 0 Å². The van der Waals surface area contributed by atoms with Crippen molar-refractivity contribution in [2.45, 2.75) is 39.8 Å². The Bertz CT molecular complexity index is 563. The lowest BCUT2D eigenvalue weighted by atomic mass is 10.0. The van der Waals surface area contributed by atoms with Gasteiger partial charge in [-0.15, -0.1) is 0 Å². The molecule has 1 aromatic heterocycles. The van der Waals surface area contributed by atoms with E-state index in [9.17, 15) is 4.39 Å². The highest BCUT2D eigenvalue weighted by Gasteiger charge is 2.21. The van der Waals surface area contributed by atoms with E-state index in [4.69, 9.17) is 0 Å². The van der Waals surface area contributed by atoms with Crippen LogP contribution in [0.4, 0.5) is 4.39 Å². The first-order valence-corrected chi connectivity index (χ1v) is 7.25. The third kappa shape index (κ3) is 2.90. The van der Waals surface area contributed by atoms with E-state index in [0.717, 1.165) is 30.9 Å². The number of halogens is 1. The standard InChI is InChI=1S/C16H22FN3/c1-4-12-11-15(20(6-3)19-12)16(18-5-2)13-9-7-8-10-14(13)17/h7-11,16,18H,4-6H2,1-3H3. The minimum atomic E-state index is -0.180. The highest BCUT2D eigenvalue weighted by atomic mass is 19.1. The SMILES string of the molecule is CCNC(c1ccccc1F)c1cc(CC)nn1CC. The predicted molar refractivity (Wildman–Crippen MR) is 79.2 cm³/mol. The lowest BCUT2D eigenvalue weighted by Crippen LogP contribution is -2.25. The molecule has 0 aliphatic heterocycles. The maximum atomic E-state index is 14.1. The van der Waals surface area contributed by atoms with Crippen LogP contribution in [0.3, 0.4) is 0 Å². The van der Waals surface area contributed by atoms with Crippen LogP contribution >= 0.6 is 0 Å². The van der Waals surface area contributed by atoms with Crippen LogP contribution in [0.5, 0.6) is 0 Å². The normalized spacial score (nSPS) is 12.6. The highest BCUT2D eigenvalue weighted by molar-refractivity contribution is 5.30. The van der Waals surface area contributed by atoms with E-state index in [0.29, 0.717) is 5.56 Å². The number of aromatic nitrogens is 2.